The molecule has 3 aliphatic rings. The molecule has 0 saturated carbocycles. The van der Waals surface area contributed by atoms with Crippen molar-refractivity contribution in [2.45, 2.75) is 156 Å². The third-order valence-electron chi connectivity index (χ3n) is 17.0. The Kier molecular flexibility index (Phi) is 18.2. The Labute approximate surface area is 455 Å². The van der Waals surface area contributed by atoms with Crippen LogP contribution in [0, 0.1) is 0 Å². The molecule has 3 aliphatic heterocycles. The van der Waals surface area contributed by atoms with E-state index in [1.807, 2.05) is 0 Å². The van der Waals surface area contributed by atoms with Crippen molar-refractivity contribution in [2.75, 3.05) is 39.3 Å². The lowest BCUT2D eigenvalue weighted by Crippen LogP contribution is -2.74. The van der Waals surface area contributed by atoms with Gasteiger partial charge >= 0.3 is 0 Å². The average molecular weight is 1020 g/mol. The first-order valence-corrected chi connectivity index (χ1v) is 29.6. The predicted octanol–water partition coefficient (Wildman–Crippen LogP) is 10.4. The Hall–Kier alpha value is -6.36. The number of hydrogen-bond donors (Lipinski definition) is 0. The molecular weight excluding hydrogens is 933 g/mol. The summed E-state index contributed by atoms with van der Waals surface area (Å²) in [5.41, 5.74) is 11.0. The minimum atomic E-state index is 0.878. The van der Waals surface area contributed by atoms with Crippen LogP contribution in [0.4, 0.5) is 0 Å². The third kappa shape index (κ3) is 15.2. The van der Waals surface area contributed by atoms with E-state index < -0.39 is 0 Å². The Morgan fingerprint density at radius 1 is 0.316 bits per heavy atom. The molecule has 0 atom stereocenters. The highest BCUT2D eigenvalue weighted by molar-refractivity contribution is 5.25. The van der Waals surface area contributed by atoms with Crippen LogP contribution < -0.4 is 18.3 Å². The van der Waals surface area contributed by atoms with Crippen LogP contribution in [0.1, 0.15) is 135 Å². The summed E-state index contributed by atoms with van der Waals surface area (Å²) in [5, 5.41) is 0. The molecule has 0 aliphatic carbocycles. The van der Waals surface area contributed by atoms with Crippen LogP contribution in [-0.2, 0) is 65.4 Å². The van der Waals surface area contributed by atoms with Crippen LogP contribution in [0.5, 0.6) is 0 Å². The van der Waals surface area contributed by atoms with Gasteiger partial charge in [-0.25, -0.2) is 36.5 Å². The lowest BCUT2D eigenvalue weighted by atomic mass is 10.0. The highest BCUT2D eigenvalue weighted by Gasteiger charge is 2.48. The lowest BCUT2D eigenvalue weighted by molar-refractivity contribution is -1.09. The second-order valence-corrected chi connectivity index (χ2v) is 23.3. The molecule has 0 N–H and O–H groups in total. The number of nitrogens with zero attached hydrogens (tertiary/aromatic N) is 10. The minimum Gasteiger partial charge on any atom is -0.306 e. The van der Waals surface area contributed by atoms with Crippen LogP contribution in [0.3, 0.4) is 0 Å². The van der Waals surface area contributed by atoms with Crippen molar-refractivity contribution in [3.8, 4) is 0 Å². The molecule has 0 spiro atoms. The van der Waals surface area contributed by atoms with E-state index in [0.29, 0.717) is 0 Å². The summed E-state index contributed by atoms with van der Waals surface area (Å²) >= 11 is 0. The van der Waals surface area contributed by atoms with E-state index >= 15 is 0 Å². The van der Waals surface area contributed by atoms with E-state index in [9.17, 15) is 0 Å². The van der Waals surface area contributed by atoms with Crippen molar-refractivity contribution >= 4 is 0 Å². The smallest absolute Gasteiger partial charge is 0.244 e. The van der Waals surface area contributed by atoms with Gasteiger partial charge in [-0.2, -0.15) is 0 Å². The highest BCUT2D eigenvalue weighted by Crippen LogP contribution is 2.31. The summed E-state index contributed by atoms with van der Waals surface area (Å²) in [6.07, 6.45) is 42.8. The molecule has 8 aromatic rings. The zero-order valence-electron chi connectivity index (χ0n) is 46.4. The number of imidazole rings is 4. The fourth-order valence-electron chi connectivity index (χ4n) is 12.2. The summed E-state index contributed by atoms with van der Waals surface area (Å²) in [4.78, 5) is 0. The van der Waals surface area contributed by atoms with E-state index in [1.165, 1.54) is 170 Å². The number of rotatable bonds is 30. The Balaban J connectivity index is 0.620. The molecular formula is C66H90N10+6. The van der Waals surface area contributed by atoms with E-state index in [4.69, 9.17) is 0 Å². The van der Waals surface area contributed by atoms with Crippen LogP contribution in [-0.4, -0.2) is 66.5 Å². The van der Waals surface area contributed by atoms with Gasteiger partial charge in [0, 0.05) is 11.1 Å². The van der Waals surface area contributed by atoms with Gasteiger partial charge in [-0.3, -0.25) is 0 Å². The van der Waals surface area contributed by atoms with Crippen LogP contribution >= 0.6 is 0 Å². The van der Waals surface area contributed by atoms with Gasteiger partial charge in [0.25, 0.3) is 0 Å². The minimum absolute atomic E-state index is 0.878. The molecule has 10 nitrogen and oxygen atoms in total. The number of piperazine rings is 3. The summed E-state index contributed by atoms with van der Waals surface area (Å²) < 4.78 is 21.0. The number of benzene rings is 4. The van der Waals surface area contributed by atoms with Gasteiger partial charge in [0.1, 0.15) is 141 Å². The van der Waals surface area contributed by atoms with Gasteiger partial charge in [-0.05, 0) is 59.1 Å². The highest BCUT2D eigenvalue weighted by atomic mass is 15.5. The second-order valence-electron chi connectivity index (χ2n) is 23.3. The Morgan fingerprint density at radius 2 is 0.579 bits per heavy atom. The van der Waals surface area contributed by atoms with Crippen molar-refractivity contribution in [3.63, 3.8) is 0 Å². The largest absolute Gasteiger partial charge is 0.306 e. The van der Waals surface area contributed by atoms with Gasteiger partial charge in [0.2, 0.25) is 25.3 Å². The van der Waals surface area contributed by atoms with E-state index in [1.54, 1.807) is 0 Å². The molecule has 3 saturated heterocycles. The molecule has 0 radical (unpaired) electrons. The number of fused-ring (bicyclic) bond motifs is 3. The third-order valence-corrected chi connectivity index (χ3v) is 17.0. The van der Waals surface area contributed by atoms with Crippen molar-refractivity contribution < 1.29 is 27.2 Å². The number of hydrogen-bond acceptors (Lipinski definition) is 0. The normalized spacial score (nSPS) is 17.2. The molecule has 3 fully saturated rings. The molecule has 0 amide bonds. The quantitative estimate of drug-likeness (QED) is 0.0245. The number of aryl methyl sites for hydroxylation is 2. The summed E-state index contributed by atoms with van der Waals surface area (Å²) in [6, 6.07) is 37.4. The summed E-state index contributed by atoms with van der Waals surface area (Å²) in [6.45, 7) is 22.2. The Bertz CT molecular complexity index is 2740. The van der Waals surface area contributed by atoms with Crippen molar-refractivity contribution in [1.82, 2.24) is 18.3 Å². The molecule has 4 aromatic heterocycles. The fraction of sp³-hybridized carbons (Fsp3) is 0.455. The molecule has 0 unspecified atom stereocenters. The first-order chi connectivity index (χ1) is 37.3. The molecule has 398 valence electrons. The number of aromatic nitrogens is 8. The van der Waals surface area contributed by atoms with Crippen molar-refractivity contribution in [3.05, 3.63) is 216 Å². The maximum absolute atomic E-state index is 2.40. The molecule has 2 bridgehead atoms. The van der Waals surface area contributed by atoms with Gasteiger partial charge in [0.05, 0.1) is 13.1 Å². The monoisotopic (exact) mass is 1020 g/mol. The standard InChI is InChI=1S/C66H90N10/c1-3-5-7-9-11-13-31-67-33-35-69(55-67)47-59-15-19-61(20-16-59)49-71-37-39-73(57-71)51-63-23-27-65(28-24-63)53-75-41-44-76(45-42-75,46-43-75)54-66-29-25-64(26-30-66)52-74-40-38-72(58-74)50-62-21-17-60(18-22-62)48-70-36-34-68(56-70)32-14-12-10-8-6-4-2/h15-30,33-40,55-58H,3-14,31-32,41-54H2,1-2H3/q+6. The first kappa shape index (κ1) is 53.1. The maximum Gasteiger partial charge on any atom is 0.244 e. The van der Waals surface area contributed by atoms with Crippen LogP contribution in [0.25, 0.3) is 0 Å². The molecule has 7 heterocycles. The maximum atomic E-state index is 2.40. The molecule has 11 rings (SSSR count). The topological polar surface area (TPSA) is 35.2 Å². The lowest BCUT2D eigenvalue weighted by Gasteiger charge is -2.55. The first-order valence-electron chi connectivity index (χ1n) is 29.6. The Morgan fingerprint density at radius 3 is 0.908 bits per heavy atom. The number of quaternary nitrogens is 2. The van der Waals surface area contributed by atoms with Gasteiger partial charge < -0.3 is 8.97 Å². The molecule has 76 heavy (non-hydrogen) atoms. The van der Waals surface area contributed by atoms with E-state index in [2.05, 4.69) is 222 Å². The zero-order valence-corrected chi connectivity index (χ0v) is 46.4. The van der Waals surface area contributed by atoms with Crippen molar-refractivity contribution in [1.29, 1.82) is 0 Å². The molecule has 4 aromatic carbocycles. The fourth-order valence-corrected chi connectivity index (χ4v) is 12.2. The van der Waals surface area contributed by atoms with Gasteiger partial charge in [0.15, 0.2) is 0 Å². The van der Waals surface area contributed by atoms with Gasteiger partial charge in [-0.1, -0.05) is 162 Å². The average Bonchev–Trinajstić information content (AvgIpc) is 4.30. The van der Waals surface area contributed by atoms with Crippen LogP contribution in [0.15, 0.2) is 172 Å². The summed E-state index contributed by atoms with van der Waals surface area (Å²) in [7, 11) is 0. The predicted molar refractivity (Wildman–Crippen MR) is 303 cm³/mol. The van der Waals surface area contributed by atoms with Crippen LogP contribution in [0.2, 0.25) is 0 Å². The molecule has 10 heteroatoms. The van der Waals surface area contributed by atoms with Crippen molar-refractivity contribution in [2.24, 2.45) is 0 Å². The zero-order chi connectivity index (χ0) is 51.8. The van der Waals surface area contributed by atoms with E-state index in [-0.39, 0.29) is 0 Å². The number of unbranched alkanes of at least 4 members (excludes halogenated alkanes) is 10. The van der Waals surface area contributed by atoms with E-state index in [0.717, 1.165) is 65.4 Å². The SMILES string of the molecule is CCCCCCCCn1cc[n+](Cc2ccc(Cn3cc[n+](Cc4ccc(C[N+]56CC[N+](Cc7ccc(C[n+]8ccn(Cc9ccc(C[n+]%10ccn(CCCCCCCC)c%10)cc9)c8)cc7)(CC5)CC6)cc4)c3)cc2)c1. The van der Waals surface area contributed by atoms with Gasteiger partial charge in [-0.15, -0.1) is 0 Å². The summed E-state index contributed by atoms with van der Waals surface area (Å²) in [5.74, 6) is 0. The second kappa shape index (κ2) is 26.1.